The third kappa shape index (κ3) is 8.24. The summed E-state index contributed by atoms with van der Waals surface area (Å²) in [4.78, 5) is 28.9. The first-order valence-electron chi connectivity index (χ1n) is 12.6. The number of amides is 2. The van der Waals surface area contributed by atoms with E-state index in [-0.39, 0.29) is 29.7 Å². The zero-order valence-electron chi connectivity index (χ0n) is 21.8. The van der Waals surface area contributed by atoms with Gasteiger partial charge in [-0.2, -0.15) is 0 Å². The van der Waals surface area contributed by atoms with E-state index in [9.17, 15) is 18.0 Å². The average molecular weight is 538 g/mol. The van der Waals surface area contributed by atoms with Crippen molar-refractivity contribution in [2.24, 2.45) is 0 Å². The van der Waals surface area contributed by atoms with Crippen molar-refractivity contribution in [2.45, 2.75) is 37.2 Å². The van der Waals surface area contributed by atoms with Gasteiger partial charge in [0.25, 0.3) is 0 Å². The quantitative estimate of drug-likeness (QED) is 0.307. The Bertz CT molecular complexity index is 1270. The maximum atomic E-state index is 13.7. The molecule has 3 rings (SSSR count). The van der Waals surface area contributed by atoms with Crippen molar-refractivity contribution in [1.29, 1.82) is 0 Å². The molecule has 3 aromatic rings. The number of nitrogens with zero attached hydrogens (tertiary/aromatic N) is 1. The van der Waals surface area contributed by atoms with E-state index in [0.717, 1.165) is 11.1 Å². The van der Waals surface area contributed by atoms with Crippen molar-refractivity contribution < 1.29 is 22.7 Å². The SMILES string of the molecule is CCNS(=O)(=O)c1ccc(CCC(=O)N(Cc2ccccc2)[C@@H](C(=O)NCCOC)c2ccccc2)cc1. The van der Waals surface area contributed by atoms with Crippen molar-refractivity contribution in [1.82, 2.24) is 14.9 Å². The van der Waals surface area contributed by atoms with Gasteiger partial charge in [0.15, 0.2) is 0 Å². The molecule has 0 radical (unpaired) electrons. The lowest BCUT2D eigenvalue weighted by atomic mass is 10.0. The van der Waals surface area contributed by atoms with Gasteiger partial charge in [-0.25, -0.2) is 13.1 Å². The highest BCUT2D eigenvalue weighted by Crippen LogP contribution is 2.25. The number of carbonyl (C=O) groups is 2. The molecule has 38 heavy (non-hydrogen) atoms. The summed E-state index contributed by atoms with van der Waals surface area (Å²) in [5, 5.41) is 2.89. The third-order valence-electron chi connectivity index (χ3n) is 5.99. The summed E-state index contributed by atoms with van der Waals surface area (Å²) in [5.74, 6) is -0.468. The van der Waals surface area contributed by atoms with Crippen molar-refractivity contribution in [3.05, 3.63) is 102 Å². The number of sulfonamides is 1. The summed E-state index contributed by atoms with van der Waals surface area (Å²) < 4.78 is 32.0. The topological polar surface area (TPSA) is 105 Å². The predicted octanol–water partition coefficient (Wildman–Crippen LogP) is 3.45. The van der Waals surface area contributed by atoms with Crippen molar-refractivity contribution in [2.75, 3.05) is 26.8 Å². The minimum Gasteiger partial charge on any atom is -0.383 e. The molecule has 0 unspecified atom stereocenters. The molecule has 0 bridgehead atoms. The van der Waals surface area contributed by atoms with Crippen molar-refractivity contribution in [3.8, 4) is 0 Å². The van der Waals surface area contributed by atoms with Crippen LogP contribution in [-0.4, -0.2) is 51.9 Å². The normalized spacial score (nSPS) is 12.1. The Morgan fingerprint density at radius 2 is 1.53 bits per heavy atom. The second kappa shape index (κ2) is 14.4. The second-order valence-corrected chi connectivity index (χ2v) is 10.5. The Morgan fingerprint density at radius 3 is 2.13 bits per heavy atom. The smallest absolute Gasteiger partial charge is 0.247 e. The maximum absolute atomic E-state index is 13.7. The standard InChI is InChI=1S/C29H35N3O5S/c1-3-31-38(35,36)26-17-14-23(15-18-26)16-19-27(33)32(22-24-10-6-4-7-11-24)28(25-12-8-5-9-13-25)29(34)30-20-21-37-2/h4-15,17-18,28,31H,3,16,19-22H2,1-2H3,(H,30,34)/t28-/m1/s1. The highest BCUT2D eigenvalue weighted by atomic mass is 32.2. The highest BCUT2D eigenvalue weighted by molar-refractivity contribution is 7.89. The summed E-state index contributed by atoms with van der Waals surface area (Å²) in [5.41, 5.74) is 2.45. The number of rotatable bonds is 14. The number of carbonyl (C=O) groups excluding carboxylic acids is 2. The molecular formula is C29H35N3O5S. The number of aryl methyl sites for hydroxylation is 1. The minimum atomic E-state index is -3.55. The summed E-state index contributed by atoms with van der Waals surface area (Å²) in [6.07, 6.45) is 0.555. The highest BCUT2D eigenvalue weighted by Gasteiger charge is 2.31. The molecule has 0 aliphatic heterocycles. The number of hydrogen-bond acceptors (Lipinski definition) is 5. The predicted molar refractivity (Wildman–Crippen MR) is 147 cm³/mol. The Balaban J connectivity index is 1.85. The van der Waals surface area contributed by atoms with E-state index < -0.39 is 16.1 Å². The summed E-state index contributed by atoms with van der Waals surface area (Å²) in [7, 11) is -1.98. The first kappa shape index (κ1) is 29.0. The Morgan fingerprint density at radius 1 is 0.895 bits per heavy atom. The van der Waals surface area contributed by atoms with Crippen molar-refractivity contribution >= 4 is 21.8 Å². The van der Waals surface area contributed by atoms with Crippen LogP contribution in [0.2, 0.25) is 0 Å². The molecule has 2 amide bonds. The fraction of sp³-hybridized carbons (Fsp3) is 0.310. The van der Waals surface area contributed by atoms with Crippen LogP contribution in [0.4, 0.5) is 0 Å². The first-order chi connectivity index (χ1) is 18.4. The zero-order chi connectivity index (χ0) is 27.4. The van der Waals surface area contributed by atoms with Crippen LogP contribution >= 0.6 is 0 Å². The molecule has 0 spiro atoms. The van der Waals surface area contributed by atoms with Gasteiger partial charge in [-0.15, -0.1) is 0 Å². The second-order valence-electron chi connectivity index (χ2n) is 8.75. The molecule has 0 aliphatic carbocycles. The summed E-state index contributed by atoms with van der Waals surface area (Å²) in [6.45, 7) is 2.97. The molecule has 8 nitrogen and oxygen atoms in total. The van der Waals surface area contributed by atoms with Gasteiger partial charge in [0.05, 0.1) is 11.5 Å². The number of nitrogens with one attached hydrogen (secondary N) is 2. The van der Waals surface area contributed by atoms with E-state index >= 15 is 0 Å². The Labute approximate surface area is 225 Å². The van der Waals surface area contributed by atoms with E-state index in [4.69, 9.17) is 4.74 Å². The van der Waals surface area contributed by atoms with Crippen molar-refractivity contribution in [3.63, 3.8) is 0 Å². The minimum absolute atomic E-state index is 0.154. The molecule has 0 heterocycles. The number of ether oxygens (including phenoxy) is 1. The summed E-state index contributed by atoms with van der Waals surface area (Å²) >= 11 is 0. The summed E-state index contributed by atoms with van der Waals surface area (Å²) in [6, 6.07) is 24.5. The van der Waals surface area contributed by atoms with Crippen LogP contribution < -0.4 is 10.0 Å². The number of hydrogen-bond donors (Lipinski definition) is 2. The lowest BCUT2D eigenvalue weighted by molar-refractivity contribution is -0.141. The van der Waals surface area contributed by atoms with E-state index in [2.05, 4.69) is 10.0 Å². The van der Waals surface area contributed by atoms with Crippen LogP contribution in [0.3, 0.4) is 0 Å². The molecule has 3 aromatic carbocycles. The van der Waals surface area contributed by atoms with Gasteiger partial charge in [-0.3, -0.25) is 9.59 Å². The van der Waals surface area contributed by atoms with Gasteiger partial charge in [0, 0.05) is 33.2 Å². The van der Waals surface area contributed by atoms with Crippen LogP contribution in [0.1, 0.15) is 36.1 Å². The first-order valence-corrected chi connectivity index (χ1v) is 14.1. The van der Waals surface area contributed by atoms with Crippen LogP contribution in [-0.2, 0) is 37.3 Å². The van der Waals surface area contributed by atoms with E-state index in [0.29, 0.717) is 31.7 Å². The molecule has 0 aromatic heterocycles. The molecule has 2 N–H and O–H groups in total. The van der Waals surface area contributed by atoms with Crippen LogP contribution in [0.5, 0.6) is 0 Å². The molecule has 0 aliphatic rings. The Kier molecular flexibility index (Phi) is 11.0. The zero-order valence-corrected chi connectivity index (χ0v) is 22.6. The van der Waals surface area contributed by atoms with E-state index in [1.165, 1.54) is 12.1 Å². The fourth-order valence-corrected chi connectivity index (χ4v) is 5.13. The molecule has 1 atom stereocenters. The third-order valence-corrected chi connectivity index (χ3v) is 7.55. The van der Waals surface area contributed by atoms with Gasteiger partial charge in [-0.05, 0) is 35.2 Å². The molecular weight excluding hydrogens is 502 g/mol. The van der Waals surface area contributed by atoms with Gasteiger partial charge in [-0.1, -0.05) is 79.7 Å². The van der Waals surface area contributed by atoms with Gasteiger partial charge >= 0.3 is 0 Å². The van der Waals surface area contributed by atoms with Gasteiger partial charge in [0.2, 0.25) is 21.8 Å². The average Bonchev–Trinajstić information content (AvgIpc) is 2.93. The van der Waals surface area contributed by atoms with Gasteiger partial charge in [0.1, 0.15) is 6.04 Å². The van der Waals surface area contributed by atoms with Crippen LogP contribution in [0.15, 0.2) is 89.8 Å². The lowest BCUT2D eigenvalue weighted by Crippen LogP contribution is -2.44. The van der Waals surface area contributed by atoms with Crippen LogP contribution in [0.25, 0.3) is 0 Å². The van der Waals surface area contributed by atoms with Gasteiger partial charge < -0.3 is 15.0 Å². The number of benzene rings is 3. The fourth-order valence-electron chi connectivity index (χ4n) is 4.09. The maximum Gasteiger partial charge on any atom is 0.247 e. The lowest BCUT2D eigenvalue weighted by Gasteiger charge is -2.32. The van der Waals surface area contributed by atoms with Crippen LogP contribution in [0, 0.1) is 0 Å². The monoisotopic (exact) mass is 537 g/mol. The largest absolute Gasteiger partial charge is 0.383 e. The molecule has 0 saturated carbocycles. The molecule has 0 fully saturated rings. The van der Waals surface area contributed by atoms with E-state index in [1.54, 1.807) is 31.1 Å². The van der Waals surface area contributed by atoms with E-state index in [1.807, 2.05) is 60.7 Å². The number of methoxy groups -OCH3 is 1. The molecule has 202 valence electrons. The Hall–Kier alpha value is -3.53. The molecule has 9 heteroatoms. The molecule has 0 saturated heterocycles.